The molecule has 4 heteroatoms. The topological polar surface area (TPSA) is 63.6 Å². The second kappa shape index (κ2) is 11.4. The number of carboxylic acid groups (broad SMARTS) is 1. The Morgan fingerprint density at radius 3 is 1.34 bits per heavy atom. The Morgan fingerprint density at radius 1 is 0.724 bits per heavy atom. The predicted molar refractivity (Wildman–Crippen MR) is 119 cm³/mol. The molecule has 0 aliphatic heterocycles. The van der Waals surface area contributed by atoms with Crippen LogP contribution in [-0.2, 0) is 14.3 Å². The smallest absolute Gasteiger partial charge is 0.305 e. The van der Waals surface area contributed by atoms with Crippen LogP contribution in [-0.4, -0.2) is 24.2 Å². The van der Waals surface area contributed by atoms with Gasteiger partial charge in [-0.05, 0) is 85.9 Å². The van der Waals surface area contributed by atoms with E-state index in [0.717, 1.165) is 24.7 Å². The van der Waals surface area contributed by atoms with Crippen molar-refractivity contribution in [3.05, 3.63) is 0 Å². The molecule has 2 aliphatic rings. The van der Waals surface area contributed by atoms with Gasteiger partial charge in [0.05, 0.1) is 7.11 Å². The van der Waals surface area contributed by atoms with Gasteiger partial charge in [0, 0.05) is 12.8 Å². The van der Waals surface area contributed by atoms with Crippen molar-refractivity contribution < 1.29 is 19.4 Å². The average Bonchev–Trinajstić information content (AvgIpc) is 2.61. The molecule has 4 nitrogen and oxygen atoms in total. The first-order valence-corrected chi connectivity index (χ1v) is 11.6. The quantitative estimate of drug-likeness (QED) is 0.523. The standard InChI is InChI=1S/C13H24O2.C12H22O2/c1-13(2,3)11-7-5-10(6-8-11)9-12(14)15-4;1-12(2,3)10-6-4-9(5-7-10)8-11(13)14/h10-11H,5-9H2,1-4H3;9-10H,4-8H2,1-3H3,(H,13,14). The van der Waals surface area contributed by atoms with Gasteiger partial charge in [-0.25, -0.2) is 0 Å². The summed E-state index contributed by atoms with van der Waals surface area (Å²) in [5, 5.41) is 8.69. The Labute approximate surface area is 179 Å². The molecule has 0 atom stereocenters. The molecule has 170 valence electrons. The lowest BCUT2D eigenvalue weighted by Gasteiger charge is -2.36. The van der Waals surface area contributed by atoms with E-state index in [-0.39, 0.29) is 5.97 Å². The van der Waals surface area contributed by atoms with E-state index in [1.165, 1.54) is 45.6 Å². The minimum absolute atomic E-state index is 0.0470. The molecule has 2 rings (SSSR count). The summed E-state index contributed by atoms with van der Waals surface area (Å²) in [5.74, 6) is 1.93. The molecule has 29 heavy (non-hydrogen) atoms. The largest absolute Gasteiger partial charge is 0.481 e. The Kier molecular flexibility index (Phi) is 10.2. The Hall–Kier alpha value is -1.06. The molecule has 0 heterocycles. The van der Waals surface area contributed by atoms with Crippen molar-refractivity contribution in [1.29, 1.82) is 0 Å². The summed E-state index contributed by atoms with van der Waals surface area (Å²) >= 11 is 0. The zero-order chi connectivity index (χ0) is 22.2. The van der Waals surface area contributed by atoms with E-state index in [9.17, 15) is 9.59 Å². The SMILES string of the molecule is CC(C)(C)C1CCC(CC(=O)O)CC1.COC(=O)CC1CCC(C(C)(C)C)CC1. The van der Waals surface area contributed by atoms with Crippen molar-refractivity contribution in [1.82, 2.24) is 0 Å². The maximum Gasteiger partial charge on any atom is 0.305 e. The summed E-state index contributed by atoms with van der Waals surface area (Å²) in [5.41, 5.74) is 0.824. The summed E-state index contributed by atoms with van der Waals surface area (Å²) in [6, 6.07) is 0. The van der Waals surface area contributed by atoms with Crippen LogP contribution in [0, 0.1) is 34.5 Å². The summed E-state index contributed by atoms with van der Waals surface area (Å²) < 4.78 is 4.71. The van der Waals surface area contributed by atoms with Crippen LogP contribution in [0.15, 0.2) is 0 Å². The molecule has 2 fully saturated rings. The summed E-state index contributed by atoms with van der Waals surface area (Å²) in [7, 11) is 1.48. The number of rotatable bonds is 4. The highest BCUT2D eigenvalue weighted by Crippen LogP contribution is 2.41. The lowest BCUT2D eigenvalue weighted by atomic mass is 9.69. The molecule has 0 bridgehead atoms. The summed E-state index contributed by atoms with van der Waals surface area (Å²) in [4.78, 5) is 21.7. The number of hydrogen-bond donors (Lipinski definition) is 1. The average molecular weight is 411 g/mol. The van der Waals surface area contributed by atoms with E-state index in [4.69, 9.17) is 9.84 Å². The molecular formula is C25H46O4. The first-order valence-electron chi connectivity index (χ1n) is 11.6. The number of methoxy groups -OCH3 is 1. The molecule has 0 aromatic carbocycles. The van der Waals surface area contributed by atoms with Crippen molar-refractivity contribution in [2.45, 2.75) is 106 Å². The van der Waals surface area contributed by atoms with Gasteiger partial charge in [-0.1, -0.05) is 41.5 Å². The first-order chi connectivity index (χ1) is 13.3. The van der Waals surface area contributed by atoms with Crippen molar-refractivity contribution in [2.24, 2.45) is 34.5 Å². The molecule has 2 aliphatic carbocycles. The third kappa shape index (κ3) is 10.00. The van der Waals surface area contributed by atoms with Crippen LogP contribution in [0.1, 0.15) is 106 Å². The van der Waals surface area contributed by atoms with Crippen LogP contribution in [0.3, 0.4) is 0 Å². The fourth-order valence-electron chi connectivity index (χ4n) is 5.03. The highest BCUT2D eigenvalue weighted by atomic mass is 16.5. The zero-order valence-electron chi connectivity index (χ0n) is 20.1. The van der Waals surface area contributed by atoms with E-state index in [1.54, 1.807) is 0 Å². The van der Waals surface area contributed by atoms with Gasteiger partial charge in [-0.2, -0.15) is 0 Å². The van der Waals surface area contributed by atoms with E-state index in [2.05, 4.69) is 41.5 Å². The Bertz CT molecular complexity index is 496. The molecule has 0 radical (unpaired) electrons. The number of aliphatic carboxylic acids is 1. The molecular weight excluding hydrogens is 364 g/mol. The van der Waals surface area contributed by atoms with Crippen LogP contribution < -0.4 is 0 Å². The van der Waals surface area contributed by atoms with E-state index in [0.29, 0.717) is 35.5 Å². The molecule has 1 N–H and O–H groups in total. The fourth-order valence-corrected chi connectivity index (χ4v) is 5.03. The summed E-state index contributed by atoms with van der Waals surface area (Å²) in [6.45, 7) is 13.8. The predicted octanol–water partition coefficient (Wildman–Crippen LogP) is 6.72. The van der Waals surface area contributed by atoms with Gasteiger partial charge in [0.1, 0.15) is 0 Å². The highest BCUT2D eigenvalue weighted by molar-refractivity contribution is 5.69. The van der Waals surface area contributed by atoms with Gasteiger partial charge in [0.15, 0.2) is 0 Å². The van der Waals surface area contributed by atoms with Gasteiger partial charge in [-0.3, -0.25) is 9.59 Å². The third-order valence-corrected chi connectivity index (χ3v) is 7.29. The van der Waals surface area contributed by atoms with Gasteiger partial charge in [0.25, 0.3) is 0 Å². The first kappa shape index (κ1) is 26.0. The molecule has 0 saturated heterocycles. The summed E-state index contributed by atoms with van der Waals surface area (Å²) in [6.07, 6.45) is 10.5. The second-order valence-electron chi connectivity index (χ2n) is 11.5. The van der Waals surface area contributed by atoms with Crippen LogP contribution in [0.25, 0.3) is 0 Å². The van der Waals surface area contributed by atoms with Gasteiger partial charge in [0.2, 0.25) is 0 Å². The maximum atomic E-state index is 11.1. The molecule has 0 unspecified atom stereocenters. The number of carbonyl (C=O) groups is 2. The second-order valence-corrected chi connectivity index (χ2v) is 11.5. The third-order valence-electron chi connectivity index (χ3n) is 7.29. The van der Waals surface area contributed by atoms with Crippen molar-refractivity contribution in [3.63, 3.8) is 0 Å². The fraction of sp³-hybridized carbons (Fsp3) is 0.920. The van der Waals surface area contributed by atoms with E-state index < -0.39 is 5.97 Å². The lowest BCUT2D eigenvalue weighted by Crippen LogP contribution is -2.26. The van der Waals surface area contributed by atoms with Crippen LogP contribution >= 0.6 is 0 Å². The number of esters is 1. The van der Waals surface area contributed by atoms with Crippen molar-refractivity contribution >= 4 is 11.9 Å². The molecule has 0 aromatic heterocycles. The molecule has 2 saturated carbocycles. The maximum absolute atomic E-state index is 11.1. The van der Waals surface area contributed by atoms with Gasteiger partial charge >= 0.3 is 11.9 Å². The van der Waals surface area contributed by atoms with E-state index >= 15 is 0 Å². The van der Waals surface area contributed by atoms with Crippen LogP contribution in [0.5, 0.6) is 0 Å². The van der Waals surface area contributed by atoms with Gasteiger partial charge < -0.3 is 9.84 Å². The zero-order valence-corrected chi connectivity index (χ0v) is 20.1. The van der Waals surface area contributed by atoms with Gasteiger partial charge in [-0.15, -0.1) is 0 Å². The lowest BCUT2D eigenvalue weighted by molar-refractivity contribution is -0.142. The Morgan fingerprint density at radius 2 is 1.07 bits per heavy atom. The molecule has 0 amide bonds. The van der Waals surface area contributed by atoms with Crippen molar-refractivity contribution in [2.75, 3.05) is 7.11 Å². The molecule has 0 spiro atoms. The normalized spacial score (nSPS) is 28.1. The molecule has 0 aromatic rings. The number of carboxylic acids is 1. The monoisotopic (exact) mass is 410 g/mol. The number of carbonyl (C=O) groups excluding carboxylic acids is 1. The van der Waals surface area contributed by atoms with Crippen molar-refractivity contribution in [3.8, 4) is 0 Å². The van der Waals surface area contributed by atoms with Crippen LogP contribution in [0.2, 0.25) is 0 Å². The highest BCUT2D eigenvalue weighted by Gasteiger charge is 2.31. The Balaban J connectivity index is 0.000000291. The number of ether oxygens (including phenoxy) is 1. The van der Waals surface area contributed by atoms with E-state index in [1.807, 2.05) is 0 Å². The minimum atomic E-state index is -0.635. The minimum Gasteiger partial charge on any atom is -0.481 e. The van der Waals surface area contributed by atoms with Crippen LogP contribution in [0.4, 0.5) is 0 Å². The number of hydrogen-bond acceptors (Lipinski definition) is 3.